The Kier molecular flexibility index (Phi) is 3.53. The standard InChI is InChI=1S/C14H14N2/c1-15-8-3-2-4-12-5-6-14-11-16-9-7-13(14)10-12/h5-7,9-11,15H,3,8H2,1H3. The van der Waals surface area contributed by atoms with Crippen LogP contribution in [0.15, 0.2) is 36.7 Å². The largest absolute Gasteiger partial charge is 0.319 e. The molecule has 0 aliphatic heterocycles. The maximum Gasteiger partial charge on any atom is 0.0346 e. The van der Waals surface area contributed by atoms with Crippen LogP contribution in [0.4, 0.5) is 0 Å². The zero-order valence-corrected chi connectivity index (χ0v) is 9.33. The highest BCUT2D eigenvalue weighted by molar-refractivity contribution is 5.82. The molecule has 0 unspecified atom stereocenters. The summed E-state index contributed by atoms with van der Waals surface area (Å²) < 4.78 is 0. The summed E-state index contributed by atoms with van der Waals surface area (Å²) in [6.45, 7) is 0.935. The molecule has 0 atom stereocenters. The van der Waals surface area contributed by atoms with Gasteiger partial charge in [-0.05, 0) is 30.6 Å². The van der Waals surface area contributed by atoms with Gasteiger partial charge in [0.05, 0.1) is 0 Å². The number of benzene rings is 1. The molecule has 1 heterocycles. The van der Waals surface area contributed by atoms with Crippen LogP contribution in [0.1, 0.15) is 12.0 Å². The Bertz CT molecular complexity index is 535. The predicted molar refractivity (Wildman–Crippen MR) is 67.2 cm³/mol. The second-order valence-corrected chi connectivity index (χ2v) is 3.59. The number of nitrogens with zero attached hydrogens (tertiary/aromatic N) is 1. The molecule has 0 bridgehead atoms. The van der Waals surface area contributed by atoms with Crippen molar-refractivity contribution >= 4 is 10.8 Å². The molecule has 2 heteroatoms. The van der Waals surface area contributed by atoms with Crippen molar-refractivity contribution < 1.29 is 0 Å². The summed E-state index contributed by atoms with van der Waals surface area (Å²) in [6, 6.07) is 8.21. The molecule has 1 aromatic heterocycles. The number of rotatable bonds is 2. The lowest BCUT2D eigenvalue weighted by Crippen LogP contribution is -2.05. The molecule has 0 fully saturated rings. The second kappa shape index (κ2) is 5.29. The zero-order chi connectivity index (χ0) is 11.2. The van der Waals surface area contributed by atoms with Gasteiger partial charge in [-0.2, -0.15) is 0 Å². The maximum atomic E-state index is 4.08. The van der Waals surface area contributed by atoms with E-state index < -0.39 is 0 Å². The molecule has 1 aromatic carbocycles. The SMILES string of the molecule is CNCCC#Cc1ccc2cnccc2c1. The average Bonchev–Trinajstić information content (AvgIpc) is 2.34. The van der Waals surface area contributed by atoms with Crippen LogP contribution in [-0.2, 0) is 0 Å². The highest BCUT2D eigenvalue weighted by Crippen LogP contribution is 2.13. The molecule has 80 valence electrons. The van der Waals surface area contributed by atoms with Crippen LogP contribution in [0, 0.1) is 11.8 Å². The molecule has 2 rings (SSSR count). The molecule has 0 spiro atoms. The topological polar surface area (TPSA) is 24.9 Å². The third-order valence-electron chi connectivity index (χ3n) is 2.37. The van der Waals surface area contributed by atoms with E-state index in [9.17, 15) is 0 Å². The lowest BCUT2D eigenvalue weighted by atomic mass is 10.1. The summed E-state index contributed by atoms with van der Waals surface area (Å²) in [7, 11) is 1.94. The van der Waals surface area contributed by atoms with E-state index in [0.717, 1.165) is 23.9 Å². The predicted octanol–water partition coefficient (Wildman–Crippen LogP) is 2.20. The van der Waals surface area contributed by atoms with Gasteiger partial charge in [-0.15, -0.1) is 0 Å². The lowest BCUT2D eigenvalue weighted by molar-refractivity contribution is 0.818. The Balaban J connectivity index is 2.21. The number of hydrogen-bond donors (Lipinski definition) is 1. The van der Waals surface area contributed by atoms with Crippen molar-refractivity contribution in [3.05, 3.63) is 42.2 Å². The average molecular weight is 210 g/mol. The molecule has 2 nitrogen and oxygen atoms in total. The molecule has 0 aliphatic rings. The number of pyridine rings is 1. The van der Waals surface area contributed by atoms with Gasteiger partial charge in [0.15, 0.2) is 0 Å². The molecule has 2 aromatic rings. The van der Waals surface area contributed by atoms with E-state index >= 15 is 0 Å². The molecule has 0 radical (unpaired) electrons. The van der Waals surface area contributed by atoms with Crippen LogP contribution in [0.5, 0.6) is 0 Å². The summed E-state index contributed by atoms with van der Waals surface area (Å²) in [5, 5.41) is 5.42. The van der Waals surface area contributed by atoms with Crippen LogP contribution < -0.4 is 5.32 Å². The van der Waals surface area contributed by atoms with E-state index in [1.807, 2.05) is 25.4 Å². The fraction of sp³-hybridized carbons (Fsp3) is 0.214. The normalized spacial score (nSPS) is 9.81. The highest BCUT2D eigenvalue weighted by atomic mass is 14.8. The van der Waals surface area contributed by atoms with Gasteiger partial charge >= 0.3 is 0 Å². The van der Waals surface area contributed by atoms with Crippen LogP contribution in [0.25, 0.3) is 10.8 Å². The first-order valence-electron chi connectivity index (χ1n) is 5.37. The smallest absolute Gasteiger partial charge is 0.0346 e. The fourth-order valence-electron chi connectivity index (χ4n) is 1.51. The van der Waals surface area contributed by atoms with Crippen molar-refractivity contribution in [2.75, 3.05) is 13.6 Å². The third kappa shape index (κ3) is 2.59. The van der Waals surface area contributed by atoms with Gasteiger partial charge in [0, 0.05) is 36.3 Å². The van der Waals surface area contributed by atoms with Crippen molar-refractivity contribution in [2.45, 2.75) is 6.42 Å². The minimum atomic E-state index is 0.880. The first-order chi connectivity index (χ1) is 7.90. The van der Waals surface area contributed by atoms with Crippen LogP contribution in [-0.4, -0.2) is 18.6 Å². The Morgan fingerprint density at radius 1 is 1.25 bits per heavy atom. The molecule has 1 N–H and O–H groups in total. The van der Waals surface area contributed by atoms with Crippen LogP contribution >= 0.6 is 0 Å². The van der Waals surface area contributed by atoms with Crippen molar-refractivity contribution in [3.63, 3.8) is 0 Å². The van der Waals surface area contributed by atoms with Gasteiger partial charge in [-0.3, -0.25) is 4.98 Å². The summed E-state index contributed by atoms with van der Waals surface area (Å²) >= 11 is 0. The van der Waals surface area contributed by atoms with E-state index in [4.69, 9.17) is 0 Å². The van der Waals surface area contributed by atoms with E-state index in [2.05, 4.69) is 34.3 Å². The second-order valence-electron chi connectivity index (χ2n) is 3.59. The minimum absolute atomic E-state index is 0.880. The van der Waals surface area contributed by atoms with Crippen LogP contribution in [0.3, 0.4) is 0 Å². The molecule has 0 saturated carbocycles. The summed E-state index contributed by atoms with van der Waals surface area (Å²) in [5.74, 6) is 6.30. The van der Waals surface area contributed by atoms with E-state index in [-0.39, 0.29) is 0 Å². The lowest BCUT2D eigenvalue weighted by Gasteiger charge is -1.96. The highest BCUT2D eigenvalue weighted by Gasteiger charge is 1.92. The molecule has 0 saturated heterocycles. The monoisotopic (exact) mass is 210 g/mol. The Morgan fingerprint density at radius 3 is 3.06 bits per heavy atom. The first-order valence-corrected chi connectivity index (χ1v) is 5.37. The Morgan fingerprint density at radius 2 is 2.19 bits per heavy atom. The van der Waals surface area contributed by atoms with Crippen molar-refractivity contribution in [1.82, 2.24) is 10.3 Å². The molecular weight excluding hydrogens is 196 g/mol. The van der Waals surface area contributed by atoms with Crippen LogP contribution in [0.2, 0.25) is 0 Å². The summed E-state index contributed by atoms with van der Waals surface area (Å²) in [5.41, 5.74) is 1.06. The first kappa shape index (κ1) is 10.7. The van der Waals surface area contributed by atoms with Gasteiger partial charge in [0.1, 0.15) is 0 Å². The van der Waals surface area contributed by atoms with Gasteiger partial charge in [0.25, 0.3) is 0 Å². The maximum absolute atomic E-state index is 4.08. The van der Waals surface area contributed by atoms with E-state index in [1.165, 1.54) is 5.39 Å². The van der Waals surface area contributed by atoms with Gasteiger partial charge in [-0.1, -0.05) is 17.9 Å². The van der Waals surface area contributed by atoms with Crippen molar-refractivity contribution in [2.24, 2.45) is 0 Å². The summed E-state index contributed by atoms with van der Waals surface area (Å²) in [4.78, 5) is 4.08. The molecular formula is C14H14N2. The number of hydrogen-bond acceptors (Lipinski definition) is 2. The van der Waals surface area contributed by atoms with Gasteiger partial charge in [-0.25, -0.2) is 0 Å². The van der Waals surface area contributed by atoms with Crippen molar-refractivity contribution in [3.8, 4) is 11.8 Å². The van der Waals surface area contributed by atoms with Gasteiger partial charge in [0.2, 0.25) is 0 Å². The van der Waals surface area contributed by atoms with Gasteiger partial charge < -0.3 is 5.32 Å². The minimum Gasteiger partial charge on any atom is -0.319 e. The Labute approximate surface area is 95.7 Å². The number of aromatic nitrogens is 1. The Hall–Kier alpha value is -1.85. The fourth-order valence-corrected chi connectivity index (χ4v) is 1.51. The van der Waals surface area contributed by atoms with E-state index in [1.54, 1.807) is 6.20 Å². The molecule has 0 aliphatic carbocycles. The molecule has 0 amide bonds. The zero-order valence-electron chi connectivity index (χ0n) is 9.33. The summed E-state index contributed by atoms with van der Waals surface area (Å²) in [6.07, 6.45) is 4.55. The quantitative estimate of drug-likeness (QED) is 0.607. The van der Waals surface area contributed by atoms with Crippen molar-refractivity contribution in [1.29, 1.82) is 0 Å². The third-order valence-corrected chi connectivity index (χ3v) is 2.37. The number of nitrogens with one attached hydrogen (secondary N) is 1. The molecule has 16 heavy (non-hydrogen) atoms. The number of fused-ring (bicyclic) bond motifs is 1. The van der Waals surface area contributed by atoms with E-state index in [0.29, 0.717) is 0 Å².